The molecule has 0 aliphatic carbocycles. The van der Waals surface area contributed by atoms with Crippen molar-refractivity contribution in [2.45, 2.75) is 29.9 Å². The van der Waals surface area contributed by atoms with E-state index in [4.69, 9.17) is 0 Å². The number of benzene rings is 1. The summed E-state index contributed by atoms with van der Waals surface area (Å²) < 4.78 is 39.9. The lowest BCUT2D eigenvalue weighted by Gasteiger charge is -2.25. The topological polar surface area (TPSA) is 70.5 Å². The molecule has 0 spiro atoms. The van der Waals surface area contributed by atoms with Crippen molar-refractivity contribution < 1.29 is 17.9 Å². The highest BCUT2D eigenvalue weighted by molar-refractivity contribution is 7.89. The molecule has 0 amide bonds. The highest BCUT2D eigenvalue weighted by Crippen LogP contribution is 2.28. The molecular formula is C16H17FN2O3S. The van der Waals surface area contributed by atoms with Crippen molar-refractivity contribution in [2.75, 3.05) is 6.54 Å². The van der Waals surface area contributed by atoms with Crippen LogP contribution in [0.2, 0.25) is 0 Å². The molecular weight excluding hydrogens is 319 g/mol. The highest BCUT2D eigenvalue weighted by Gasteiger charge is 2.40. The third kappa shape index (κ3) is 3.26. The van der Waals surface area contributed by atoms with Crippen LogP contribution in [0.15, 0.2) is 53.7 Å². The van der Waals surface area contributed by atoms with Crippen molar-refractivity contribution in [2.24, 2.45) is 0 Å². The first-order chi connectivity index (χ1) is 11.0. The summed E-state index contributed by atoms with van der Waals surface area (Å²) in [5.41, 5.74) is 0.859. The predicted molar refractivity (Wildman–Crippen MR) is 82.6 cm³/mol. The van der Waals surface area contributed by atoms with E-state index in [2.05, 4.69) is 4.98 Å². The third-order valence-electron chi connectivity index (χ3n) is 4.05. The molecule has 1 fully saturated rings. The Balaban J connectivity index is 1.89. The molecule has 1 aromatic heterocycles. The van der Waals surface area contributed by atoms with Gasteiger partial charge in [0.2, 0.25) is 10.0 Å². The molecule has 2 aromatic rings. The smallest absolute Gasteiger partial charge is 0.243 e. The Morgan fingerprint density at radius 2 is 2.00 bits per heavy atom. The third-order valence-corrected chi connectivity index (χ3v) is 5.99. The highest BCUT2D eigenvalue weighted by atomic mass is 32.2. The van der Waals surface area contributed by atoms with Gasteiger partial charge >= 0.3 is 0 Å². The Kier molecular flexibility index (Phi) is 4.43. The predicted octanol–water partition coefficient (Wildman–Crippen LogP) is 1.59. The summed E-state index contributed by atoms with van der Waals surface area (Å²) in [6.07, 6.45) is 3.33. The van der Waals surface area contributed by atoms with Crippen LogP contribution in [0.5, 0.6) is 0 Å². The van der Waals surface area contributed by atoms with Crippen molar-refractivity contribution >= 4 is 10.0 Å². The van der Waals surface area contributed by atoms with Gasteiger partial charge in [0.25, 0.3) is 0 Å². The number of aliphatic hydroxyl groups excluding tert-OH is 1. The summed E-state index contributed by atoms with van der Waals surface area (Å²) in [5, 5.41) is 10.2. The lowest BCUT2D eigenvalue weighted by atomic mass is 10.0. The zero-order valence-corrected chi connectivity index (χ0v) is 13.2. The molecule has 0 radical (unpaired) electrons. The molecule has 1 saturated heterocycles. The minimum atomic E-state index is -3.77. The fourth-order valence-corrected chi connectivity index (χ4v) is 4.52. The van der Waals surface area contributed by atoms with Gasteiger partial charge in [-0.15, -0.1) is 0 Å². The summed E-state index contributed by atoms with van der Waals surface area (Å²) in [4.78, 5) is 4.05. The molecule has 1 aliphatic heterocycles. The summed E-state index contributed by atoms with van der Waals surface area (Å²) >= 11 is 0. The molecule has 1 N–H and O–H groups in total. The van der Waals surface area contributed by atoms with E-state index >= 15 is 0 Å². The summed E-state index contributed by atoms with van der Waals surface area (Å²) in [6, 6.07) is 7.81. The number of hydrogen-bond donors (Lipinski definition) is 1. The van der Waals surface area contributed by atoms with E-state index in [0.29, 0.717) is 12.8 Å². The number of aliphatic hydroxyl groups is 1. The number of pyridine rings is 1. The van der Waals surface area contributed by atoms with Crippen molar-refractivity contribution in [1.29, 1.82) is 0 Å². The molecule has 2 heterocycles. The first kappa shape index (κ1) is 16.0. The second-order valence-electron chi connectivity index (χ2n) is 5.56. The second kappa shape index (κ2) is 6.35. The van der Waals surface area contributed by atoms with Crippen LogP contribution in [0.25, 0.3) is 0 Å². The fraction of sp³-hybridized carbons (Fsp3) is 0.312. The van der Waals surface area contributed by atoms with Crippen LogP contribution in [0, 0.1) is 5.82 Å². The Bertz CT molecular complexity index is 766. The van der Waals surface area contributed by atoms with Gasteiger partial charge in [-0.1, -0.05) is 6.07 Å². The Hall–Kier alpha value is -1.83. The van der Waals surface area contributed by atoms with Crippen LogP contribution in [0.4, 0.5) is 4.39 Å². The van der Waals surface area contributed by atoms with Gasteiger partial charge in [0.15, 0.2) is 0 Å². The van der Waals surface area contributed by atoms with Crippen LogP contribution in [0.3, 0.4) is 0 Å². The average Bonchev–Trinajstić information content (AvgIpc) is 2.90. The summed E-state index contributed by atoms with van der Waals surface area (Å²) in [5.74, 6) is -0.489. The molecule has 1 aliphatic rings. The summed E-state index contributed by atoms with van der Waals surface area (Å²) in [7, 11) is -3.77. The molecule has 0 bridgehead atoms. The maximum atomic E-state index is 13.0. The van der Waals surface area contributed by atoms with Gasteiger partial charge in [-0.2, -0.15) is 4.31 Å². The van der Waals surface area contributed by atoms with Crippen LogP contribution in [0.1, 0.15) is 12.0 Å². The monoisotopic (exact) mass is 336 g/mol. The molecule has 2 atom stereocenters. The summed E-state index contributed by atoms with van der Waals surface area (Å²) in [6.45, 7) is 0.242. The van der Waals surface area contributed by atoms with Gasteiger partial charge in [0.05, 0.1) is 17.0 Å². The minimum absolute atomic E-state index is 0.0317. The fourth-order valence-electron chi connectivity index (χ4n) is 2.85. The van der Waals surface area contributed by atoms with Gasteiger partial charge in [-0.05, 0) is 48.7 Å². The largest absolute Gasteiger partial charge is 0.391 e. The Labute approximate surface area is 134 Å². The van der Waals surface area contributed by atoms with Crippen molar-refractivity contribution in [3.8, 4) is 0 Å². The lowest BCUT2D eigenvalue weighted by Crippen LogP contribution is -2.41. The number of hydrogen-bond acceptors (Lipinski definition) is 4. The molecule has 0 saturated carbocycles. The number of aromatic nitrogens is 1. The Morgan fingerprint density at radius 1 is 1.26 bits per heavy atom. The van der Waals surface area contributed by atoms with E-state index in [9.17, 15) is 17.9 Å². The van der Waals surface area contributed by atoms with Crippen molar-refractivity contribution in [1.82, 2.24) is 9.29 Å². The number of rotatable bonds is 4. The first-order valence-corrected chi connectivity index (χ1v) is 8.77. The zero-order chi connectivity index (χ0) is 16.4. The van der Waals surface area contributed by atoms with Crippen LogP contribution in [-0.4, -0.2) is 41.5 Å². The minimum Gasteiger partial charge on any atom is -0.391 e. The lowest BCUT2D eigenvalue weighted by molar-refractivity contribution is 0.142. The molecule has 122 valence electrons. The quantitative estimate of drug-likeness (QED) is 0.920. The molecule has 0 unspecified atom stereocenters. The number of sulfonamides is 1. The van der Waals surface area contributed by atoms with Crippen molar-refractivity contribution in [3.63, 3.8) is 0 Å². The van der Waals surface area contributed by atoms with E-state index < -0.39 is 28.0 Å². The van der Waals surface area contributed by atoms with Gasteiger partial charge < -0.3 is 5.11 Å². The van der Waals surface area contributed by atoms with E-state index in [1.807, 2.05) is 6.07 Å². The van der Waals surface area contributed by atoms with Crippen LogP contribution >= 0.6 is 0 Å². The SMILES string of the molecule is O=S(=O)(c1ccc(F)cc1)N1CC[C@@H](O)[C@@H]1Cc1cccnc1. The van der Waals surface area contributed by atoms with Crippen LogP contribution in [-0.2, 0) is 16.4 Å². The van der Waals surface area contributed by atoms with Crippen LogP contribution < -0.4 is 0 Å². The zero-order valence-electron chi connectivity index (χ0n) is 12.3. The molecule has 7 heteroatoms. The maximum absolute atomic E-state index is 13.0. The van der Waals surface area contributed by atoms with Gasteiger partial charge in [0.1, 0.15) is 5.82 Å². The number of nitrogens with zero attached hydrogens (tertiary/aromatic N) is 2. The average molecular weight is 336 g/mol. The number of halogens is 1. The van der Waals surface area contributed by atoms with Gasteiger partial charge in [-0.3, -0.25) is 4.98 Å². The molecule has 23 heavy (non-hydrogen) atoms. The van der Waals surface area contributed by atoms with Crippen molar-refractivity contribution in [3.05, 3.63) is 60.2 Å². The van der Waals surface area contributed by atoms with E-state index in [0.717, 1.165) is 17.7 Å². The second-order valence-corrected chi connectivity index (χ2v) is 7.45. The Morgan fingerprint density at radius 3 is 2.65 bits per heavy atom. The maximum Gasteiger partial charge on any atom is 0.243 e. The van der Waals surface area contributed by atoms with Gasteiger partial charge in [0, 0.05) is 18.9 Å². The first-order valence-electron chi connectivity index (χ1n) is 7.33. The molecule has 3 rings (SSSR count). The van der Waals surface area contributed by atoms with Gasteiger partial charge in [-0.25, -0.2) is 12.8 Å². The van der Waals surface area contributed by atoms with E-state index in [1.54, 1.807) is 18.5 Å². The normalized spacial score (nSPS) is 22.3. The molecule has 5 nitrogen and oxygen atoms in total. The molecule has 1 aromatic carbocycles. The van der Waals surface area contributed by atoms with E-state index in [1.165, 1.54) is 16.4 Å². The van der Waals surface area contributed by atoms with E-state index in [-0.39, 0.29) is 11.4 Å². The standard InChI is InChI=1S/C16H17FN2O3S/c17-13-3-5-14(6-4-13)23(21,22)19-9-7-16(20)15(19)10-12-2-1-8-18-11-12/h1-6,8,11,15-16,20H,7,9-10H2/t15-,16+/m0/s1.